The first kappa shape index (κ1) is 13.1. The van der Waals surface area contributed by atoms with Gasteiger partial charge in [0, 0.05) is 11.1 Å². The van der Waals surface area contributed by atoms with Crippen LogP contribution in [-0.4, -0.2) is 0 Å². The first-order valence-electron chi connectivity index (χ1n) is 7.80. The monoisotopic (exact) mass is 286 g/mol. The molecule has 0 radical (unpaired) electrons. The summed E-state index contributed by atoms with van der Waals surface area (Å²) in [4.78, 5) is 0. The van der Waals surface area contributed by atoms with Crippen LogP contribution in [0.2, 0.25) is 0 Å². The van der Waals surface area contributed by atoms with Gasteiger partial charge in [0.1, 0.15) is 5.75 Å². The summed E-state index contributed by atoms with van der Waals surface area (Å²) >= 11 is 0. The first-order chi connectivity index (χ1) is 10.9. The number of rotatable bonds is 3. The van der Waals surface area contributed by atoms with Crippen LogP contribution in [0.15, 0.2) is 72.8 Å². The van der Waals surface area contributed by atoms with Crippen molar-refractivity contribution in [2.75, 3.05) is 0 Å². The van der Waals surface area contributed by atoms with Crippen molar-refractivity contribution in [1.82, 2.24) is 0 Å². The normalized spacial score (nSPS) is 12.8. The second kappa shape index (κ2) is 5.34. The van der Waals surface area contributed by atoms with Gasteiger partial charge in [-0.1, -0.05) is 67.6 Å². The van der Waals surface area contributed by atoms with Crippen molar-refractivity contribution in [2.24, 2.45) is 0 Å². The number of fused-ring (bicyclic) bond motifs is 3. The minimum absolute atomic E-state index is 0.0140. The van der Waals surface area contributed by atoms with Crippen molar-refractivity contribution in [3.8, 4) is 16.9 Å². The summed E-state index contributed by atoms with van der Waals surface area (Å²) in [5, 5.41) is 0. The number of aryl methyl sites for hydroxylation is 1. The molecule has 0 heterocycles. The maximum atomic E-state index is 6.33. The third-order valence-electron chi connectivity index (χ3n) is 4.36. The van der Waals surface area contributed by atoms with Crippen molar-refractivity contribution in [3.63, 3.8) is 0 Å². The molecule has 1 aliphatic rings. The molecule has 0 saturated heterocycles. The average molecular weight is 286 g/mol. The van der Waals surface area contributed by atoms with E-state index in [0.717, 1.165) is 12.2 Å². The fraction of sp³-hybridized carbons (Fsp3) is 0.143. The van der Waals surface area contributed by atoms with Gasteiger partial charge in [0.05, 0.1) is 0 Å². The van der Waals surface area contributed by atoms with Gasteiger partial charge in [0.2, 0.25) is 0 Å². The molecule has 0 spiro atoms. The summed E-state index contributed by atoms with van der Waals surface area (Å²) in [5.41, 5.74) is 6.41. The van der Waals surface area contributed by atoms with Crippen LogP contribution in [-0.2, 0) is 6.42 Å². The van der Waals surface area contributed by atoms with Gasteiger partial charge in [0.15, 0.2) is 6.10 Å². The smallest absolute Gasteiger partial charge is 0.150 e. The molecule has 0 saturated carbocycles. The Balaban J connectivity index is 1.74. The van der Waals surface area contributed by atoms with Gasteiger partial charge >= 0.3 is 0 Å². The Kier molecular flexibility index (Phi) is 3.19. The van der Waals surface area contributed by atoms with Gasteiger partial charge in [0.25, 0.3) is 0 Å². The zero-order chi connectivity index (χ0) is 14.9. The van der Waals surface area contributed by atoms with Crippen LogP contribution in [0.1, 0.15) is 29.7 Å². The Morgan fingerprint density at radius 2 is 1.27 bits per heavy atom. The quantitative estimate of drug-likeness (QED) is 0.626. The molecule has 0 aromatic heterocycles. The van der Waals surface area contributed by atoms with Crippen LogP contribution in [0, 0.1) is 0 Å². The number of hydrogen-bond acceptors (Lipinski definition) is 1. The van der Waals surface area contributed by atoms with Crippen molar-refractivity contribution in [3.05, 3.63) is 89.5 Å². The highest BCUT2D eigenvalue weighted by Gasteiger charge is 2.29. The van der Waals surface area contributed by atoms with E-state index in [1.54, 1.807) is 0 Å². The van der Waals surface area contributed by atoms with Crippen LogP contribution in [0.4, 0.5) is 0 Å². The van der Waals surface area contributed by atoms with Crippen molar-refractivity contribution >= 4 is 0 Å². The highest BCUT2D eigenvalue weighted by atomic mass is 16.5. The van der Waals surface area contributed by atoms with Gasteiger partial charge in [-0.05, 0) is 35.2 Å². The van der Waals surface area contributed by atoms with E-state index in [4.69, 9.17) is 4.74 Å². The molecule has 0 aliphatic heterocycles. The van der Waals surface area contributed by atoms with Crippen LogP contribution >= 0.6 is 0 Å². The fourth-order valence-electron chi connectivity index (χ4n) is 3.18. The van der Waals surface area contributed by atoms with Gasteiger partial charge in [-0.3, -0.25) is 0 Å². The first-order valence-corrected chi connectivity index (χ1v) is 7.80. The van der Waals surface area contributed by atoms with E-state index in [2.05, 4.69) is 79.7 Å². The number of ether oxygens (including phenoxy) is 1. The highest BCUT2D eigenvalue weighted by molar-refractivity contribution is 5.78. The van der Waals surface area contributed by atoms with Gasteiger partial charge < -0.3 is 4.74 Å². The molecule has 0 amide bonds. The minimum atomic E-state index is -0.0140. The Bertz CT molecular complexity index is 757. The minimum Gasteiger partial charge on any atom is -0.481 e. The van der Waals surface area contributed by atoms with Crippen molar-refractivity contribution in [1.29, 1.82) is 0 Å². The zero-order valence-electron chi connectivity index (χ0n) is 12.6. The molecule has 3 aromatic rings. The molecule has 0 bridgehead atoms. The summed E-state index contributed by atoms with van der Waals surface area (Å²) < 4.78 is 6.33. The molecule has 1 aliphatic carbocycles. The van der Waals surface area contributed by atoms with Crippen molar-refractivity contribution < 1.29 is 4.74 Å². The summed E-state index contributed by atoms with van der Waals surface area (Å²) in [5.74, 6) is 0.925. The molecule has 0 fully saturated rings. The maximum absolute atomic E-state index is 6.33. The van der Waals surface area contributed by atoms with E-state index in [0.29, 0.717) is 0 Å². The van der Waals surface area contributed by atoms with E-state index < -0.39 is 0 Å². The largest absolute Gasteiger partial charge is 0.481 e. The van der Waals surface area contributed by atoms with Gasteiger partial charge in [-0.15, -0.1) is 0 Å². The van der Waals surface area contributed by atoms with Crippen LogP contribution in [0.25, 0.3) is 11.1 Å². The molecule has 0 unspecified atom stereocenters. The molecular formula is C21H18O. The molecule has 22 heavy (non-hydrogen) atoms. The summed E-state index contributed by atoms with van der Waals surface area (Å²) in [7, 11) is 0. The van der Waals surface area contributed by atoms with Gasteiger partial charge in [-0.25, -0.2) is 0 Å². The molecular weight excluding hydrogens is 268 g/mol. The third-order valence-corrected chi connectivity index (χ3v) is 4.36. The van der Waals surface area contributed by atoms with E-state index in [1.807, 2.05) is 0 Å². The second-order valence-electron chi connectivity index (χ2n) is 5.67. The molecule has 1 nitrogen and oxygen atoms in total. The van der Waals surface area contributed by atoms with Gasteiger partial charge in [-0.2, -0.15) is 0 Å². The summed E-state index contributed by atoms with van der Waals surface area (Å²) in [6, 6.07) is 25.5. The molecule has 1 heteroatoms. The predicted octanol–water partition coefficient (Wildman–Crippen LogP) is 5.40. The topological polar surface area (TPSA) is 9.23 Å². The van der Waals surface area contributed by atoms with Crippen molar-refractivity contribution in [2.45, 2.75) is 19.4 Å². The van der Waals surface area contributed by atoms with E-state index in [9.17, 15) is 0 Å². The lowest BCUT2D eigenvalue weighted by atomic mass is 10.1. The third kappa shape index (κ3) is 2.10. The van der Waals surface area contributed by atoms with E-state index in [1.165, 1.54) is 27.8 Å². The molecule has 3 aromatic carbocycles. The van der Waals surface area contributed by atoms with E-state index in [-0.39, 0.29) is 6.10 Å². The predicted molar refractivity (Wildman–Crippen MR) is 90.2 cm³/mol. The van der Waals surface area contributed by atoms with Crippen LogP contribution < -0.4 is 4.74 Å². The van der Waals surface area contributed by atoms with E-state index >= 15 is 0 Å². The number of benzene rings is 3. The maximum Gasteiger partial charge on any atom is 0.150 e. The van der Waals surface area contributed by atoms with Crippen LogP contribution in [0.3, 0.4) is 0 Å². The summed E-state index contributed by atoms with van der Waals surface area (Å²) in [6.45, 7) is 2.17. The average Bonchev–Trinajstić information content (AvgIpc) is 2.90. The fourth-order valence-corrected chi connectivity index (χ4v) is 3.18. The Labute approximate surface area is 131 Å². The molecule has 108 valence electrons. The lowest BCUT2D eigenvalue weighted by Crippen LogP contribution is -2.05. The SMILES string of the molecule is CCc1ccc(OC2c3ccccc3-c3ccccc32)cc1. The second-order valence-corrected chi connectivity index (χ2v) is 5.67. The molecule has 4 rings (SSSR count). The standard InChI is InChI=1S/C21H18O/c1-2-15-11-13-16(14-12-15)22-21-19-9-5-3-7-17(19)18-8-4-6-10-20(18)21/h3-14,21H,2H2,1H3. The Hall–Kier alpha value is -2.54. The zero-order valence-corrected chi connectivity index (χ0v) is 12.6. The molecule has 0 N–H and O–H groups in total. The highest BCUT2D eigenvalue weighted by Crippen LogP contribution is 2.45. The lowest BCUT2D eigenvalue weighted by Gasteiger charge is -2.16. The summed E-state index contributed by atoms with van der Waals surface area (Å²) in [6.07, 6.45) is 1.04. The number of hydrogen-bond donors (Lipinski definition) is 0. The molecule has 0 atom stereocenters. The van der Waals surface area contributed by atoms with Crippen LogP contribution in [0.5, 0.6) is 5.75 Å². The lowest BCUT2D eigenvalue weighted by molar-refractivity contribution is 0.252. The Morgan fingerprint density at radius 3 is 1.82 bits per heavy atom. The Morgan fingerprint density at radius 1 is 0.727 bits per heavy atom.